The Morgan fingerprint density at radius 3 is 2.50 bits per heavy atom. The summed E-state index contributed by atoms with van der Waals surface area (Å²) in [6.07, 6.45) is 2.82. The lowest BCUT2D eigenvalue weighted by Crippen LogP contribution is -2.40. The van der Waals surface area contributed by atoms with Gasteiger partial charge in [-0.1, -0.05) is 18.6 Å². The lowest BCUT2D eigenvalue weighted by molar-refractivity contribution is 0.452. The minimum absolute atomic E-state index is 0. The molecular weight excluding hydrogens is 303 g/mol. The molecule has 1 aliphatic rings. The molecule has 1 fully saturated rings. The van der Waals surface area contributed by atoms with E-state index in [0.717, 1.165) is 19.3 Å². The van der Waals surface area contributed by atoms with Crippen molar-refractivity contribution in [3.05, 3.63) is 35.6 Å². The highest BCUT2D eigenvalue weighted by Gasteiger charge is 2.29. The van der Waals surface area contributed by atoms with Gasteiger partial charge in [-0.15, -0.1) is 12.4 Å². The molecule has 0 saturated heterocycles. The fourth-order valence-corrected chi connectivity index (χ4v) is 4.03. The van der Waals surface area contributed by atoms with E-state index in [9.17, 15) is 12.8 Å². The van der Waals surface area contributed by atoms with Crippen LogP contribution >= 0.6 is 12.4 Å². The Labute approximate surface area is 125 Å². The molecule has 0 bridgehead atoms. The van der Waals surface area contributed by atoms with Crippen molar-refractivity contribution in [3.8, 4) is 0 Å². The number of sulfonamides is 1. The van der Waals surface area contributed by atoms with Gasteiger partial charge in [-0.3, -0.25) is 0 Å². The van der Waals surface area contributed by atoms with E-state index >= 15 is 0 Å². The van der Waals surface area contributed by atoms with Crippen molar-refractivity contribution < 1.29 is 12.8 Å². The van der Waals surface area contributed by atoms with Crippen molar-refractivity contribution in [1.29, 1.82) is 0 Å². The summed E-state index contributed by atoms with van der Waals surface area (Å²) in [6, 6.07) is 5.45. The average molecular weight is 323 g/mol. The minimum Gasteiger partial charge on any atom is -0.330 e. The maximum Gasteiger partial charge on any atom is 0.216 e. The number of nitrogens with one attached hydrogen (secondary N) is 1. The zero-order valence-electron chi connectivity index (χ0n) is 11.1. The van der Waals surface area contributed by atoms with Gasteiger partial charge in [-0.25, -0.2) is 17.5 Å². The topological polar surface area (TPSA) is 72.2 Å². The van der Waals surface area contributed by atoms with Crippen LogP contribution in [-0.4, -0.2) is 21.0 Å². The van der Waals surface area contributed by atoms with Crippen LogP contribution in [0.4, 0.5) is 4.39 Å². The smallest absolute Gasteiger partial charge is 0.216 e. The Kier molecular flexibility index (Phi) is 6.39. The molecule has 0 amide bonds. The molecule has 20 heavy (non-hydrogen) atoms. The first-order valence-corrected chi connectivity index (χ1v) is 8.10. The number of hydrogen-bond donors (Lipinski definition) is 2. The van der Waals surface area contributed by atoms with E-state index in [4.69, 9.17) is 5.73 Å². The van der Waals surface area contributed by atoms with Gasteiger partial charge in [-0.05, 0) is 43.0 Å². The van der Waals surface area contributed by atoms with Crippen molar-refractivity contribution >= 4 is 22.4 Å². The Morgan fingerprint density at radius 1 is 1.25 bits per heavy atom. The van der Waals surface area contributed by atoms with Crippen LogP contribution < -0.4 is 10.5 Å². The number of hydrogen-bond acceptors (Lipinski definition) is 3. The second-order valence-corrected chi connectivity index (χ2v) is 6.79. The SMILES string of the molecule is Cl.NCC1CCCC1NS(=O)(=O)Cc1ccc(F)cc1. The van der Waals surface area contributed by atoms with Crippen LogP contribution in [-0.2, 0) is 15.8 Å². The minimum atomic E-state index is -3.40. The molecule has 2 rings (SSSR count). The van der Waals surface area contributed by atoms with Crippen LogP contribution in [0.1, 0.15) is 24.8 Å². The van der Waals surface area contributed by atoms with Crippen molar-refractivity contribution in [3.63, 3.8) is 0 Å². The Hall–Kier alpha value is -0.690. The van der Waals surface area contributed by atoms with Crippen molar-refractivity contribution in [2.75, 3.05) is 6.54 Å². The maximum atomic E-state index is 12.8. The first-order valence-electron chi connectivity index (χ1n) is 6.45. The maximum absolute atomic E-state index is 12.8. The summed E-state index contributed by atoms with van der Waals surface area (Å²) >= 11 is 0. The van der Waals surface area contributed by atoms with Gasteiger partial charge in [0.25, 0.3) is 0 Å². The molecular formula is C13H20ClFN2O2S. The molecule has 1 saturated carbocycles. The fraction of sp³-hybridized carbons (Fsp3) is 0.538. The predicted octanol–water partition coefficient (Wildman–Crippen LogP) is 1.79. The second-order valence-electron chi connectivity index (χ2n) is 5.04. The first kappa shape index (κ1) is 17.4. The molecule has 0 radical (unpaired) electrons. The molecule has 1 aromatic rings. The van der Waals surface area contributed by atoms with Gasteiger partial charge in [0.1, 0.15) is 5.82 Å². The number of benzene rings is 1. The normalized spacial score (nSPS) is 22.5. The highest BCUT2D eigenvalue weighted by Crippen LogP contribution is 2.25. The van der Waals surface area contributed by atoms with Gasteiger partial charge < -0.3 is 5.73 Å². The van der Waals surface area contributed by atoms with Crippen molar-refractivity contribution in [2.45, 2.75) is 31.1 Å². The van der Waals surface area contributed by atoms with Gasteiger partial charge in [0.05, 0.1) is 5.75 Å². The summed E-state index contributed by atoms with van der Waals surface area (Å²) in [7, 11) is -3.40. The predicted molar refractivity (Wildman–Crippen MR) is 79.6 cm³/mol. The van der Waals surface area contributed by atoms with Crippen LogP contribution in [0.25, 0.3) is 0 Å². The van der Waals surface area contributed by atoms with Crippen LogP contribution in [0.15, 0.2) is 24.3 Å². The third-order valence-corrected chi connectivity index (χ3v) is 4.94. The van der Waals surface area contributed by atoms with E-state index in [-0.39, 0.29) is 35.9 Å². The van der Waals surface area contributed by atoms with E-state index in [0.29, 0.717) is 12.1 Å². The van der Waals surface area contributed by atoms with Crippen LogP contribution in [0, 0.1) is 11.7 Å². The Bertz CT molecular complexity index is 522. The Morgan fingerprint density at radius 2 is 1.90 bits per heavy atom. The molecule has 2 atom stereocenters. The van der Waals surface area contributed by atoms with E-state index in [1.807, 2.05) is 0 Å². The summed E-state index contributed by atoms with van der Waals surface area (Å²) in [6.45, 7) is 0.504. The summed E-state index contributed by atoms with van der Waals surface area (Å²) in [5.74, 6) is -0.266. The molecule has 3 N–H and O–H groups in total. The number of nitrogens with two attached hydrogens (primary N) is 1. The fourth-order valence-electron chi connectivity index (χ4n) is 2.55. The summed E-state index contributed by atoms with van der Waals surface area (Å²) in [4.78, 5) is 0. The highest BCUT2D eigenvalue weighted by molar-refractivity contribution is 7.88. The zero-order valence-corrected chi connectivity index (χ0v) is 12.7. The van der Waals surface area contributed by atoms with Gasteiger partial charge in [0.15, 0.2) is 0 Å². The largest absolute Gasteiger partial charge is 0.330 e. The molecule has 0 spiro atoms. The monoisotopic (exact) mass is 322 g/mol. The number of halogens is 2. The highest BCUT2D eigenvalue weighted by atomic mass is 35.5. The summed E-state index contributed by atoms with van der Waals surface area (Å²) in [5, 5.41) is 0. The lowest BCUT2D eigenvalue weighted by atomic mass is 10.1. The molecule has 4 nitrogen and oxygen atoms in total. The lowest BCUT2D eigenvalue weighted by Gasteiger charge is -2.19. The van der Waals surface area contributed by atoms with E-state index in [1.165, 1.54) is 24.3 Å². The molecule has 114 valence electrons. The molecule has 0 heterocycles. The van der Waals surface area contributed by atoms with Crippen molar-refractivity contribution in [2.24, 2.45) is 11.7 Å². The first-order chi connectivity index (χ1) is 9.00. The van der Waals surface area contributed by atoms with Gasteiger partial charge >= 0.3 is 0 Å². The van der Waals surface area contributed by atoms with Crippen LogP contribution in [0.2, 0.25) is 0 Å². The zero-order chi connectivity index (χ0) is 13.9. The molecule has 1 aromatic carbocycles. The van der Waals surface area contributed by atoms with Crippen molar-refractivity contribution in [1.82, 2.24) is 4.72 Å². The molecule has 0 aliphatic heterocycles. The van der Waals surface area contributed by atoms with Gasteiger partial charge in [0.2, 0.25) is 10.0 Å². The summed E-state index contributed by atoms with van der Waals surface area (Å²) < 4.78 is 39.6. The van der Waals surface area contributed by atoms with E-state index in [2.05, 4.69) is 4.72 Å². The standard InChI is InChI=1S/C13H19FN2O2S.ClH/c14-12-6-4-10(5-7-12)9-19(17,18)16-13-3-1-2-11(13)8-15;/h4-7,11,13,16H,1-3,8-9,15H2;1H. The molecule has 7 heteroatoms. The van der Waals surface area contributed by atoms with Gasteiger partial charge in [0, 0.05) is 6.04 Å². The average Bonchev–Trinajstić information content (AvgIpc) is 2.78. The number of rotatable bonds is 5. The van der Waals surface area contributed by atoms with Crippen LogP contribution in [0.3, 0.4) is 0 Å². The molecule has 1 aliphatic carbocycles. The third kappa shape index (κ3) is 4.70. The quantitative estimate of drug-likeness (QED) is 0.868. The third-order valence-electron chi connectivity index (χ3n) is 3.56. The van der Waals surface area contributed by atoms with E-state index in [1.54, 1.807) is 0 Å². The summed E-state index contributed by atoms with van der Waals surface area (Å²) in [5.41, 5.74) is 6.22. The second kappa shape index (κ2) is 7.36. The van der Waals surface area contributed by atoms with Crippen LogP contribution in [0.5, 0.6) is 0 Å². The molecule has 2 unspecified atom stereocenters. The van der Waals surface area contributed by atoms with Gasteiger partial charge in [-0.2, -0.15) is 0 Å². The van der Waals surface area contributed by atoms with E-state index < -0.39 is 10.0 Å². The Balaban J connectivity index is 0.00000200. The molecule has 0 aromatic heterocycles.